The second kappa shape index (κ2) is 14.1. The molecule has 0 aromatic heterocycles. The normalized spacial score (nSPS) is 19.1. The Morgan fingerprint density at radius 3 is 2.27 bits per heavy atom. The Labute approximate surface area is 253 Å². The number of rotatable bonds is 12. The summed E-state index contributed by atoms with van der Waals surface area (Å²) in [6.45, 7) is 9.88. The molecule has 2 amide bonds. The third-order valence-corrected chi connectivity index (χ3v) is 11.4. The molecule has 5 nitrogen and oxygen atoms in total. The predicted molar refractivity (Wildman–Crippen MR) is 174 cm³/mol. The summed E-state index contributed by atoms with van der Waals surface area (Å²) >= 11 is 0. The molecule has 2 aromatic rings. The van der Waals surface area contributed by atoms with Crippen molar-refractivity contribution in [1.82, 2.24) is 10.6 Å². The summed E-state index contributed by atoms with van der Waals surface area (Å²) in [7, 11) is 3.94. The van der Waals surface area contributed by atoms with Crippen LogP contribution in [0.15, 0.2) is 48.5 Å². The van der Waals surface area contributed by atoms with E-state index in [1.807, 2.05) is 39.8 Å². The molecule has 1 fully saturated rings. The molecule has 0 bridgehead atoms. The quantitative estimate of drug-likeness (QED) is 0.116. The van der Waals surface area contributed by atoms with Crippen molar-refractivity contribution in [2.45, 2.75) is 88.7 Å². The Hall–Kier alpha value is -2.51. The summed E-state index contributed by atoms with van der Waals surface area (Å²) in [4.78, 5) is 37.5. The van der Waals surface area contributed by atoms with Gasteiger partial charge in [0.25, 0.3) is 5.91 Å². The number of ketones is 1. The number of fused-ring (bicyclic) bond motifs is 1. The number of allylic oxidation sites excluding steroid dienone is 1. The molecule has 0 spiro atoms. The van der Waals surface area contributed by atoms with Gasteiger partial charge in [-0.25, -0.2) is 0 Å². The number of carbonyl (C=O) groups excluding carboxylic acids is 3. The van der Waals surface area contributed by atoms with E-state index in [9.17, 15) is 14.4 Å². The van der Waals surface area contributed by atoms with Gasteiger partial charge in [0, 0.05) is 41.6 Å². The van der Waals surface area contributed by atoms with Crippen LogP contribution in [0.1, 0.15) is 110 Å². The molecule has 4 rings (SSSR count). The lowest BCUT2D eigenvalue weighted by Gasteiger charge is -2.42. The largest absolute Gasteiger partial charge is 0.354 e. The predicted octanol–water partition coefficient (Wildman–Crippen LogP) is 7.49. The first-order valence-electron chi connectivity index (χ1n) is 14.9. The fourth-order valence-corrected chi connectivity index (χ4v) is 8.57. The van der Waals surface area contributed by atoms with Crippen molar-refractivity contribution in [3.8, 4) is 0 Å². The van der Waals surface area contributed by atoms with Crippen LogP contribution in [0.2, 0.25) is 0 Å². The molecule has 2 aromatic carbocycles. The van der Waals surface area contributed by atoms with E-state index in [4.69, 9.17) is 0 Å². The summed E-state index contributed by atoms with van der Waals surface area (Å²) in [5, 5.41) is 6.50. The minimum absolute atomic E-state index is 0.0252. The molecule has 1 heterocycles. The van der Waals surface area contributed by atoms with E-state index in [1.165, 1.54) is 29.7 Å². The van der Waals surface area contributed by atoms with E-state index in [0.29, 0.717) is 30.6 Å². The second-order valence-electron chi connectivity index (χ2n) is 12.5. The summed E-state index contributed by atoms with van der Waals surface area (Å²) in [5.74, 6) is 1.08. The van der Waals surface area contributed by atoms with Crippen LogP contribution in [0.4, 0.5) is 0 Å². The molecular weight excluding hydrogens is 549 g/mol. The lowest BCUT2D eigenvalue weighted by Crippen LogP contribution is -2.34. The topological polar surface area (TPSA) is 75.3 Å². The molecule has 1 atom stereocenters. The number of benzene rings is 2. The fraction of sp³-hybridized carbons (Fsp3) is 0.500. The zero-order valence-corrected chi connectivity index (χ0v) is 26.5. The molecule has 0 radical (unpaired) electrons. The Morgan fingerprint density at radius 1 is 0.878 bits per heavy atom. The van der Waals surface area contributed by atoms with Gasteiger partial charge < -0.3 is 10.6 Å². The summed E-state index contributed by atoms with van der Waals surface area (Å²) in [6.07, 6.45) is 10.7. The van der Waals surface area contributed by atoms with Crippen LogP contribution in [0.5, 0.6) is 0 Å². The van der Waals surface area contributed by atoms with Crippen molar-refractivity contribution in [1.29, 1.82) is 0 Å². The zero-order chi connectivity index (χ0) is 29.5. The summed E-state index contributed by atoms with van der Waals surface area (Å²) < 4.78 is 0. The van der Waals surface area contributed by atoms with Gasteiger partial charge in [0.2, 0.25) is 5.91 Å². The Balaban J connectivity index is 1.20. The van der Waals surface area contributed by atoms with Crippen LogP contribution < -0.4 is 10.6 Å². The van der Waals surface area contributed by atoms with E-state index in [2.05, 4.69) is 50.5 Å². The van der Waals surface area contributed by atoms with Gasteiger partial charge in [-0.3, -0.25) is 14.4 Å². The third kappa shape index (κ3) is 8.74. The van der Waals surface area contributed by atoms with Gasteiger partial charge >= 0.3 is 0 Å². The molecule has 7 heteroatoms. The summed E-state index contributed by atoms with van der Waals surface area (Å²) in [6, 6.07) is 13.3. The fourth-order valence-electron chi connectivity index (χ4n) is 5.55. The molecule has 0 unspecified atom stereocenters. The zero-order valence-electron chi connectivity index (χ0n) is 24.9. The third-order valence-electron chi connectivity index (χ3n) is 8.38. The average molecular weight is 593 g/mol. The van der Waals surface area contributed by atoms with Crippen molar-refractivity contribution in [2.24, 2.45) is 0 Å². The van der Waals surface area contributed by atoms with Crippen LogP contribution >= 0.6 is 21.6 Å². The van der Waals surface area contributed by atoms with Crippen LogP contribution in [0.25, 0.3) is 6.08 Å². The highest BCUT2D eigenvalue weighted by atomic mass is 33.1. The van der Waals surface area contributed by atoms with E-state index in [1.54, 1.807) is 24.3 Å². The van der Waals surface area contributed by atoms with Gasteiger partial charge in [0.1, 0.15) is 0 Å². The highest BCUT2D eigenvalue weighted by Crippen LogP contribution is 2.46. The maximum absolute atomic E-state index is 13.0. The minimum atomic E-state index is -0.183. The van der Waals surface area contributed by atoms with Crippen molar-refractivity contribution in [3.63, 3.8) is 0 Å². The monoisotopic (exact) mass is 592 g/mol. The molecule has 2 aliphatic rings. The van der Waals surface area contributed by atoms with Gasteiger partial charge in [-0.05, 0) is 83.9 Å². The highest BCUT2D eigenvalue weighted by molar-refractivity contribution is 8.77. The molecule has 1 aliphatic heterocycles. The average Bonchev–Trinajstić information content (AvgIpc) is 3.48. The van der Waals surface area contributed by atoms with Gasteiger partial charge in [-0.1, -0.05) is 86.0 Å². The first-order chi connectivity index (χ1) is 19.5. The van der Waals surface area contributed by atoms with E-state index >= 15 is 0 Å². The van der Waals surface area contributed by atoms with Gasteiger partial charge in [0.05, 0.1) is 0 Å². The number of hydrogen-bond donors (Lipinski definition) is 2. The first-order valence-corrected chi connectivity index (χ1v) is 17.2. The summed E-state index contributed by atoms with van der Waals surface area (Å²) in [5.41, 5.74) is 4.90. The Morgan fingerprint density at radius 2 is 1.56 bits per heavy atom. The number of unbranched alkanes of at least 4 members (excludes halogenated alkanes) is 1. The number of nitrogens with one attached hydrogen (secondary N) is 2. The molecular formula is C34H44N2O3S2. The van der Waals surface area contributed by atoms with Gasteiger partial charge in [-0.15, -0.1) is 0 Å². The maximum Gasteiger partial charge on any atom is 0.251 e. The number of amides is 2. The van der Waals surface area contributed by atoms with Crippen molar-refractivity contribution >= 4 is 45.3 Å². The molecule has 1 aliphatic carbocycles. The van der Waals surface area contributed by atoms with Crippen LogP contribution in [0, 0.1) is 0 Å². The van der Waals surface area contributed by atoms with Gasteiger partial charge in [-0.2, -0.15) is 0 Å². The number of carbonyl (C=O) groups is 3. The van der Waals surface area contributed by atoms with Crippen LogP contribution in [-0.2, 0) is 15.6 Å². The van der Waals surface area contributed by atoms with E-state index in [0.717, 1.165) is 36.5 Å². The molecule has 2 N–H and O–H groups in total. The Bertz CT molecular complexity index is 1260. The van der Waals surface area contributed by atoms with E-state index < -0.39 is 0 Å². The molecule has 41 heavy (non-hydrogen) atoms. The first kappa shape index (κ1) is 31.4. The maximum atomic E-state index is 13.0. The lowest BCUT2D eigenvalue weighted by atomic mass is 9.63. The van der Waals surface area contributed by atoms with Crippen molar-refractivity contribution < 1.29 is 14.4 Å². The molecule has 0 saturated carbocycles. The molecule has 1 saturated heterocycles. The van der Waals surface area contributed by atoms with Crippen molar-refractivity contribution in [2.75, 3.05) is 18.8 Å². The Kier molecular flexibility index (Phi) is 10.8. The van der Waals surface area contributed by atoms with Crippen molar-refractivity contribution in [3.05, 3.63) is 76.4 Å². The smallest absolute Gasteiger partial charge is 0.251 e. The highest BCUT2D eigenvalue weighted by Gasteiger charge is 2.37. The number of hydrogen-bond acceptors (Lipinski definition) is 5. The standard InChI is InChI=1S/C34H44N2O3S2/c1-33(2)18-19-34(3,4)29-23-26(14-15-28(29)33)30(37)16-11-24-9-12-25(13-10-24)32(39)36-21-20-35-31(38)8-6-5-7-27-17-22-40-41-27/h9-16,23,27H,5-8,17-22H2,1-4H3,(H,35,38)(H,36,39)/b16-11+/t27-/m1/s1. The SMILES string of the molecule is CC1(C)CCC(C)(C)c2cc(C(=O)/C=C/c3ccc(C(=O)NCCNC(=O)CCCC[C@@H]4CCSS4)cc3)ccc21. The van der Waals surface area contributed by atoms with Gasteiger partial charge in [0.15, 0.2) is 5.78 Å². The lowest BCUT2D eigenvalue weighted by molar-refractivity contribution is -0.121. The van der Waals surface area contributed by atoms with E-state index in [-0.39, 0.29) is 28.4 Å². The second-order valence-corrected chi connectivity index (χ2v) is 15.3. The van der Waals surface area contributed by atoms with Crippen LogP contribution in [-0.4, -0.2) is 41.7 Å². The van der Waals surface area contributed by atoms with Crippen LogP contribution in [0.3, 0.4) is 0 Å². The minimum Gasteiger partial charge on any atom is -0.354 e. The molecule has 220 valence electrons.